The highest BCUT2D eigenvalue weighted by atomic mass is 16.1. The number of pyridine rings is 2. The summed E-state index contributed by atoms with van der Waals surface area (Å²) in [7, 11) is 0. The van der Waals surface area contributed by atoms with Crippen LogP contribution in [0.2, 0.25) is 0 Å². The third-order valence-electron chi connectivity index (χ3n) is 2.57. The van der Waals surface area contributed by atoms with Crippen molar-refractivity contribution in [3.8, 4) is 0 Å². The molecule has 0 aromatic carbocycles. The summed E-state index contributed by atoms with van der Waals surface area (Å²) in [6.07, 6.45) is 6.57. The van der Waals surface area contributed by atoms with E-state index in [9.17, 15) is 4.79 Å². The Hall–Kier alpha value is -2.03. The van der Waals surface area contributed by atoms with Gasteiger partial charge in [-0.3, -0.25) is 14.8 Å². The summed E-state index contributed by atoms with van der Waals surface area (Å²) in [5.74, 6) is -0.0174. The Kier molecular flexibility index (Phi) is 2.77. The van der Waals surface area contributed by atoms with Crippen molar-refractivity contribution in [3.63, 3.8) is 0 Å². The van der Waals surface area contributed by atoms with Gasteiger partial charge in [-0.1, -0.05) is 0 Å². The highest BCUT2D eigenvalue weighted by Gasteiger charge is 2.13. The average molecular weight is 212 g/mol. The molecule has 2 aromatic heterocycles. The third kappa shape index (κ3) is 1.84. The van der Waals surface area contributed by atoms with Gasteiger partial charge in [0, 0.05) is 35.9 Å². The Morgan fingerprint density at radius 1 is 0.938 bits per heavy atom. The Bertz CT molecular complexity index is 487. The first kappa shape index (κ1) is 10.5. The van der Waals surface area contributed by atoms with Gasteiger partial charge < -0.3 is 0 Å². The second kappa shape index (κ2) is 4.23. The second-order valence-corrected chi connectivity index (χ2v) is 3.71. The van der Waals surface area contributed by atoms with Crippen LogP contribution in [0, 0.1) is 13.8 Å². The summed E-state index contributed by atoms with van der Waals surface area (Å²) in [5, 5.41) is 0. The van der Waals surface area contributed by atoms with Gasteiger partial charge in [0.15, 0.2) is 5.78 Å². The second-order valence-electron chi connectivity index (χ2n) is 3.71. The molecule has 2 rings (SSSR count). The molecule has 0 fully saturated rings. The zero-order valence-corrected chi connectivity index (χ0v) is 9.27. The van der Waals surface area contributed by atoms with Crippen LogP contribution >= 0.6 is 0 Å². The third-order valence-corrected chi connectivity index (χ3v) is 2.57. The molecule has 0 aliphatic carbocycles. The fourth-order valence-electron chi connectivity index (χ4n) is 1.55. The standard InChI is InChI=1S/C13H12N2O/c1-9-3-5-14-7-11(9)13(16)12-8-15-6-4-10(12)2/h3-8H,1-2H3. The van der Waals surface area contributed by atoms with Crippen LogP contribution in [0.5, 0.6) is 0 Å². The van der Waals surface area contributed by atoms with Crippen molar-refractivity contribution in [1.29, 1.82) is 0 Å². The molecule has 0 N–H and O–H groups in total. The van der Waals surface area contributed by atoms with Crippen LogP contribution < -0.4 is 0 Å². The zero-order chi connectivity index (χ0) is 11.5. The molecule has 0 atom stereocenters. The molecule has 0 unspecified atom stereocenters. The number of hydrogen-bond acceptors (Lipinski definition) is 3. The number of rotatable bonds is 2. The van der Waals surface area contributed by atoms with E-state index < -0.39 is 0 Å². The molecule has 0 spiro atoms. The van der Waals surface area contributed by atoms with E-state index in [0.717, 1.165) is 11.1 Å². The molecular weight excluding hydrogens is 200 g/mol. The maximum atomic E-state index is 12.2. The van der Waals surface area contributed by atoms with E-state index in [-0.39, 0.29) is 5.78 Å². The van der Waals surface area contributed by atoms with Crippen molar-refractivity contribution in [2.45, 2.75) is 13.8 Å². The molecule has 80 valence electrons. The summed E-state index contributed by atoms with van der Waals surface area (Å²) in [6.45, 7) is 3.81. The highest BCUT2D eigenvalue weighted by Crippen LogP contribution is 2.14. The van der Waals surface area contributed by atoms with Gasteiger partial charge in [0.25, 0.3) is 0 Å². The number of aromatic nitrogens is 2. The SMILES string of the molecule is Cc1ccncc1C(=O)c1cnccc1C. The van der Waals surface area contributed by atoms with Crippen molar-refractivity contribution in [1.82, 2.24) is 9.97 Å². The topological polar surface area (TPSA) is 42.9 Å². The Balaban J connectivity index is 2.48. The monoisotopic (exact) mass is 212 g/mol. The van der Waals surface area contributed by atoms with Crippen molar-refractivity contribution in [2.24, 2.45) is 0 Å². The molecule has 2 aromatic rings. The van der Waals surface area contributed by atoms with Crippen LogP contribution in [0.4, 0.5) is 0 Å². The van der Waals surface area contributed by atoms with Gasteiger partial charge in [0.05, 0.1) is 0 Å². The van der Waals surface area contributed by atoms with Gasteiger partial charge in [-0.05, 0) is 37.1 Å². The van der Waals surface area contributed by atoms with Crippen LogP contribution in [0.25, 0.3) is 0 Å². The Labute approximate surface area is 94.2 Å². The quantitative estimate of drug-likeness (QED) is 0.717. The molecule has 3 nitrogen and oxygen atoms in total. The number of carbonyl (C=O) groups excluding carboxylic acids is 1. The molecule has 0 saturated heterocycles. The lowest BCUT2D eigenvalue weighted by Gasteiger charge is -2.05. The zero-order valence-electron chi connectivity index (χ0n) is 9.27. The summed E-state index contributed by atoms with van der Waals surface area (Å²) in [5.41, 5.74) is 3.14. The number of ketones is 1. The predicted octanol–water partition coefficient (Wildman–Crippen LogP) is 2.32. The van der Waals surface area contributed by atoms with Crippen LogP contribution in [0.3, 0.4) is 0 Å². The van der Waals surface area contributed by atoms with Crippen molar-refractivity contribution >= 4 is 5.78 Å². The highest BCUT2D eigenvalue weighted by molar-refractivity contribution is 6.10. The molecule has 0 aliphatic heterocycles. The van der Waals surface area contributed by atoms with Crippen molar-refractivity contribution in [2.75, 3.05) is 0 Å². The normalized spacial score (nSPS) is 10.1. The summed E-state index contributed by atoms with van der Waals surface area (Å²) >= 11 is 0. The van der Waals surface area contributed by atoms with Crippen LogP contribution in [0.15, 0.2) is 36.9 Å². The van der Waals surface area contributed by atoms with E-state index in [1.165, 1.54) is 0 Å². The fraction of sp³-hybridized carbons (Fsp3) is 0.154. The van der Waals surface area contributed by atoms with Gasteiger partial charge in [-0.25, -0.2) is 0 Å². The minimum atomic E-state index is -0.0174. The minimum absolute atomic E-state index is 0.0174. The molecule has 0 aliphatic rings. The molecule has 0 amide bonds. The lowest BCUT2D eigenvalue weighted by atomic mass is 9.99. The first-order valence-electron chi connectivity index (χ1n) is 5.06. The molecule has 3 heteroatoms. The van der Waals surface area contributed by atoms with E-state index in [2.05, 4.69) is 9.97 Å². The van der Waals surface area contributed by atoms with Gasteiger partial charge >= 0.3 is 0 Å². The molecule has 0 saturated carbocycles. The molecule has 0 bridgehead atoms. The van der Waals surface area contributed by atoms with Crippen LogP contribution in [0.1, 0.15) is 27.0 Å². The van der Waals surface area contributed by atoms with Crippen molar-refractivity contribution < 1.29 is 4.79 Å². The van der Waals surface area contributed by atoms with Gasteiger partial charge in [-0.15, -0.1) is 0 Å². The first-order valence-corrected chi connectivity index (χ1v) is 5.06. The first-order chi connectivity index (χ1) is 7.70. The van der Waals surface area contributed by atoms with E-state index in [4.69, 9.17) is 0 Å². The smallest absolute Gasteiger partial charge is 0.196 e. The summed E-state index contributed by atoms with van der Waals surface area (Å²) in [6, 6.07) is 3.66. The van der Waals surface area contributed by atoms with E-state index in [1.807, 2.05) is 26.0 Å². The van der Waals surface area contributed by atoms with Gasteiger partial charge in [0.1, 0.15) is 0 Å². The average Bonchev–Trinajstić information content (AvgIpc) is 2.29. The summed E-state index contributed by atoms with van der Waals surface area (Å²) < 4.78 is 0. The Morgan fingerprint density at radius 3 is 1.75 bits per heavy atom. The van der Waals surface area contributed by atoms with E-state index in [1.54, 1.807) is 24.8 Å². The molecular formula is C13H12N2O. The molecule has 0 radical (unpaired) electrons. The number of nitrogens with zero attached hydrogens (tertiary/aromatic N) is 2. The largest absolute Gasteiger partial charge is 0.288 e. The number of aryl methyl sites for hydroxylation is 2. The lowest BCUT2D eigenvalue weighted by molar-refractivity contribution is 0.103. The Morgan fingerprint density at radius 2 is 1.38 bits per heavy atom. The maximum Gasteiger partial charge on any atom is 0.196 e. The van der Waals surface area contributed by atoms with Crippen LogP contribution in [-0.2, 0) is 0 Å². The van der Waals surface area contributed by atoms with E-state index >= 15 is 0 Å². The molecule has 2 heterocycles. The summed E-state index contributed by atoms with van der Waals surface area (Å²) in [4.78, 5) is 20.2. The van der Waals surface area contributed by atoms with Crippen molar-refractivity contribution in [3.05, 3.63) is 59.2 Å². The van der Waals surface area contributed by atoms with Gasteiger partial charge in [-0.2, -0.15) is 0 Å². The molecule has 16 heavy (non-hydrogen) atoms. The van der Waals surface area contributed by atoms with E-state index in [0.29, 0.717) is 11.1 Å². The minimum Gasteiger partial charge on any atom is -0.288 e. The van der Waals surface area contributed by atoms with Crippen LogP contribution in [-0.4, -0.2) is 15.8 Å². The maximum absolute atomic E-state index is 12.2. The lowest BCUT2D eigenvalue weighted by Crippen LogP contribution is -2.06. The number of hydrogen-bond donors (Lipinski definition) is 0. The van der Waals surface area contributed by atoms with Gasteiger partial charge in [0.2, 0.25) is 0 Å². The fourth-order valence-corrected chi connectivity index (χ4v) is 1.55. The number of carbonyl (C=O) groups is 1. The predicted molar refractivity (Wildman–Crippen MR) is 61.4 cm³/mol.